The number of halogens is 2. The molecule has 0 radical (unpaired) electrons. The summed E-state index contributed by atoms with van der Waals surface area (Å²) in [5, 5.41) is 0. The molecule has 22 heavy (non-hydrogen) atoms. The van der Waals surface area contributed by atoms with Crippen LogP contribution in [0.3, 0.4) is 0 Å². The van der Waals surface area contributed by atoms with Crippen LogP contribution in [0.2, 0.25) is 0 Å². The summed E-state index contributed by atoms with van der Waals surface area (Å²) in [4.78, 5) is 0. The van der Waals surface area contributed by atoms with Crippen molar-refractivity contribution in [2.75, 3.05) is 6.61 Å². The molecule has 2 nitrogen and oxygen atoms in total. The second-order valence-electron chi connectivity index (χ2n) is 5.77. The first kappa shape index (κ1) is 15.1. The van der Waals surface area contributed by atoms with Crippen LogP contribution >= 0.6 is 0 Å². The zero-order valence-electron chi connectivity index (χ0n) is 12.2. The van der Waals surface area contributed by atoms with E-state index in [9.17, 15) is 8.78 Å². The van der Waals surface area contributed by atoms with Crippen LogP contribution < -0.4 is 5.73 Å². The fourth-order valence-corrected chi connectivity index (χ4v) is 3.05. The molecule has 1 aliphatic rings. The smallest absolute Gasteiger partial charge is 0.123 e. The summed E-state index contributed by atoms with van der Waals surface area (Å²) in [5.41, 5.74) is 7.97. The standard InChI is InChI=1S/C18H19F2NO/c19-14-5-1-12(2-6-14)18(13-3-7-15(20)8-4-13)17-11-16(21)9-10-22-17/h1-8,16-18H,9-11,21H2/t16-,17?/m1/s1. The van der Waals surface area contributed by atoms with Crippen LogP contribution in [0.25, 0.3) is 0 Å². The maximum atomic E-state index is 13.2. The Morgan fingerprint density at radius 1 is 0.909 bits per heavy atom. The molecule has 3 rings (SSSR count). The van der Waals surface area contributed by atoms with Crippen LogP contribution in [0, 0.1) is 11.6 Å². The number of ether oxygens (including phenoxy) is 1. The van der Waals surface area contributed by atoms with E-state index in [2.05, 4.69) is 0 Å². The van der Waals surface area contributed by atoms with Gasteiger partial charge in [0.2, 0.25) is 0 Å². The van der Waals surface area contributed by atoms with Crippen molar-refractivity contribution in [2.24, 2.45) is 5.73 Å². The highest BCUT2D eigenvalue weighted by molar-refractivity contribution is 5.34. The highest BCUT2D eigenvalue weighted by Crippen LogP contribution is 2.34. The predicted octanol–water partition coefficient (Wildman–Crippen LogP) is 3.60. The molecule has 0 saturated carbocycles. The lowest BCUT2D eigenvalue weighted by Crippen LogP contribution is -2.38. The summed E-state index contributed by atoms with van der Waals surface area (Å²) in [6, 6.07) is 12.9. The van der Waals surface area contributed by atoms with E-state index in [1.54, 1.807) is 24.3 Å². The van der Waals surface area contributed by atoms with Gasteiger partial charge >= 0.3 is 0 Å². The molecule has 2 atom stereocenters. The van der Waals surface area contributed by atoms with Gasteiger partial charge < -0.3 is 10.5 Å². The predicted molar refractivity (Wildman–Crippen MR) is 81.6 cm³/mol. The maximum absolute atomic E-state index is 13.2. The molecular formula is C18H19F2NO. The third-order valence-electron chi connectivity index (χ3n) is 4.19. The summed E-state index contributed by atoms with van der Waals surface area (Å²) in [6.45, 7) is 0.616. The van der Waals surface area contributed by atoms with E-state index in [1.807, 2.05) is 0 Å². The van der Waals surface area contributed by atoms with Gasteiger partial charge in [0, 0.05) is 18.6 Å². The van der Waals surface area contributed by atoms with Gasteiger partial charge in [-0.25, -0.2) is 8.78 Å². The topological polar surface area (TPSA) is 35.2 Å². The molecule has 2 aromatic carbocycles. The minimum Gasteiger partial charge on any atom is -0.377 e. The van der Waals surface area contributed by atoms with Gasteiger partial charge in [0.1, 0.15) is 11.6 Å². The Bertz CT molecular complexity index is 566. The number of hydrogen-bond donors (Lipinski definition) is 1. The molecule has 0 bridgehead atoms. The van der Waals surface area contributed by atoms with E-state index in [1.165, 1.54) is 24.3 Å². The van der Waals surface area contributed by atoms with E-state index >= 15 is 0 Å². The Balaban J connectivity index is 1.97. The molecule has 1 fully saturated rings. The van der Waals surface area contributed by atoms with Crippen LogP contribution in [0.15, 0.2) is 48.5 Å². The summed E-state index contributed by atoms with van der Waals surface area (Å²) >= 11 is 0. The van der Waals surface area contributed by atoms with Crippen LogP contribution in [-0.4, -0.2) is 18.8 Å². The molecule has 1 heterocycles. The molecule has 0 aromatic heterocycles. The van der Waals surface area contributed by atoms with Crippen molar-refractivity contribution in [3.05, 3.63) is 71.3 Å². The first-order chi connectivity index (χ1) is 10.6. The zero-order chi connectivity index (χ0) is 15.5. The van der Waals surface area contributed by atoms with Crippen molar-refractivity contribution < 1.29 is 13.5 Å². The van der Waals surface area contributed by atoms with Gasteiger partial charge in [-0.15, -0.1) is 0 Å². The average Bonchev–Trinajstić information content (AvgIpc) is 2.51. The second kappa shape index (κ2) is 6.55. The normalized spacial score (nSPS) is 22.0. The Hall–Kier alpha value is -1.78. The number of benzene rings is 2. The Morgan fingerprint density at radius 3 is 1.86 bits per heavy atom. The lowest BCUT2D eigenvalue weighted by molar-refractivity contribution is -0.00142. The molecule has 0 aliphatic carbocycles. The van der Waals surface area contributed by atoms with E-state index in [4.69, 9.17) is 10.5 Å². The van der Waals surface area contributed by atoms with Crippen molar-refractivity contribution in [2.45, 2.75) is 30.9 Å². The molecule has 1 unspecified atom stereocenters. The van der Waals surface area contributed by atoms with Gasteiger partial charge in [0.15, 0.2) is 0 Å². The average molecular weight is 303 g/mol. The molecule has 0 amide bonds. The van der Waals surface area contributed by atoms with Crippen molar-refractivity contribution in [3.8, 4) is 0 Å². The van der Waals surface area contributed by atoms with Crippen molar-refractivity contribution >= 4 is 0 Å². The van der Waals surface area contributed by atoms with Crippen LogP contribution in [0.1, 0.15) is 29.9 Å². The maximum Gasteiger partial charge on any atom is 0.123 e. The third-order valence-corrected chi connectivity index (χ3v) is 4.19. The first-order valence-electron chi connectivity index (χ1n) is 7.51. The Kier molecular flexibility index (Phi) is 4.50. The molecule has 4 heteroatoms. The Labute approximate surface area is 128 Å². The van der Waals surface area contributed by atoms with Gasteiger partial charge in [-0.2, -0.15) is 0 Å². The summed E-state index contributed by atoms with van der Waals surface area (Å²) < 4.78 is 32.3. The van der Waals surface area contributed by atoms with E-state index < -0.39 is 0 Å². The van der Waals surface area contributed by atoms with E-state index in [0.717, 1.165) is 24.0 Å². The summed E-state index contributed by atoms with van der Waals surface area (Å²) in [6.07, 6.45) is 1.50. The van der Waals surface area contributed by atoms with Crippen LogP contribution in [0.5, 0.6) is 0 Å². The highest BCUT2D eigenvalue weighted by Gasteiger charge is 2.30. The second-order valence-corrected chi connectivity index (χ2v) is 5.77. The molecule has 116 valence electrons. The lowest BCUT2D eigenvalue weighted by Gasteiger charge is -2.34. The van der Waals surface area contributed by atoms with Crippen LogP contribution in [0.4, 0.5) is 8.78 Å². The van der Waals surface area contributed by atoms with Crippen molar-refractivity contribution in [3.63, 3.8) is 0 Å². The largest absolute Gasteiger partial charge is 0.377 e. The summed E-state index contributed by atoms with van der Waals surface area (Å²) in [5.74, 6) is -0.627. The van der Waals surface area contributed by atoms with Gasteiger partial charge in [0.05, 0.1) is 6.10 Å². The molecule has 0 spiro atoms. The molecule has 1 saturated heterocycles. The van der Waals surface area contributed by atoms with Gasteiger partial charge in [0.25, 0.3) is 0 Å². The van der Waals surface area contributed by atoms with Crippen LogP contribution in [-0.2, 0) is 4.74 Å². The highest BCUT2D eigenvalue weighted by atomic mass is 19.1. The number of nitrogens with two attached hydrogens (primary N) is 1. The van der Waals surface area contributed by atoms with E-state index in [-0.39, 0.29) is 29.7 Å². The quantitative estimate of drug-likeness (QED) is 0.940. The minimum atomic E-state index is -0.275. The molecule has 2 N–H and O–H groups in total. The fraction of sp³-hybridized carbons (Fsp3) is 0.333. The van der Waals surface area contributed by atoms with Gasteiger partial charge in [-0.1, -0.05) is 24.3 Å². The minimum absolute atomic E-state index is 0.0763. The van der Waals surface area contributed by atoms with Gasteiger partial charge in [-0.05, 0) is 48.2 Å². The third kappa shape index (κ3) is 3.34. The SMILES string of the molecule is N[C@@H]1CCOC(C(c2ccc(F)cc2)c2ccc(F)cc2)C1. The lowest BCUT2D eigenvalue weighted by atomic mass is 9.82. The first-order valence-corrected chi connectivity index (χ1v) is 7.51. The number of rotatable bonds is 3. The molecule has 1 aliphatic heterocycles. The molecular weight excluding hydrogens is 284 g/mol. The molecule has 2 aromatic rings. The Morgan fingerprint density at radius 2 is 1.41 bits per heavy atom. The monoisotopic (exact) mass is 303 g/mol. The van der Waals surface area contributed by atoms with Crippen molar-refractivity contribution in [1.29, 1.82) is 0 Å². The van der Waals surface area contributed by atoms with Crippen molar-refractivity contribution in [1.82, 2.24) is 0 Å². The van der Waals surface area contributed by atoms with E-state index in [0.29, 0.717) is 6.61 Å². The van der Waals surface area contributed by atoms with Gasteiger partial charge in [-0.3, -0.25) is 0 Å². The zero-order valence-corrected chi connectivity index (χ0v) is 12.2. The summed E-state index contributed by atoms with van der Waals surface area (Å²) in [7, 11) is 0. The number of hydrogen-bond acceptors (Lipinski definition) is 2. The fourth-order valence-electron chi connectivity index (χ4n) is 3.05.